The lowest BCUT2D eigenvalue weighted by Crippen LogP contribution is -2.13. The van der Waals surface area contributed by atoms with Crippen molar-refractivity contribution in [3.05, 3.63) is 51.7 Å². The Labute approximate surface area is 115 Å². The Bertz CT molecular complexity index is 766. The number of sulfonamides is 1. The van der Waals surface area contributed by atoms with Crippen LogP contribution < -0.4 is 5.14 Å². The summed E-state index contributed by atoms with van der Waals surface area (Å²) in [6, 6.07) is 7.44. The number of nitrogens with zero attached hydrogens (tertiary/aromatic N) is 3. The molecule has 1 aromatic heterocycles. The van der Waals surface area contributed by atoms with Crippen LogP contribution in [0.3, 0.4) is 0 Å². The Morgan fingerprint density at radius 3 is 2.65 bits per heavy atom. The maximum atomic E-state index is 11.3. The van der Waals surface area contributed by atoms with Gasteiger partial charge in [0.25, 0.3) is 0 Å². The maximum absolute atomic E-state index is 11.3. The molecule has 0 amide bonds. The monoisotopic (exact) mass is 296 g/mol. The number of hydrogen-bond donors (Lipinski definition) is 1. The van der Waals surface area contributed by atoms with Gasteiger partial charge in [0.15, 0.2) is 0 Å². The van der Waals surface area contributed by atoms with E-state index < -0.39 is 25.7 Å². The van der Waals surface area contributed by atoms with Crippen LogP contribution in [0.2, 0.25) is 0 Å². The van der Waals surface area contributed by atoms with E-state index in [2.05, 4.69) is 5.10 Å². The second-order valence-electron chi connectivity index (χ2n) is 4.31. The van der Waals surface area contributed by atoms with Crippen molar-refractivity contribution in [1.29, 1.82) is 0 Å². The van der Waals surface area contributed by atoms with Gasteiger partial charge >= 0.3 is 5.82 Å². The van der Waals surface area contributed by atoms with E-state index in [-0.39, 0.29) is 6.54 Å². The molecule has 0 atom stereocenters. The van der Waals surface area contributed by atoms with Gasteiger partial charge in [0.2, 0.25) is 14.9 Å². The first-order chi connectivity index (χ1) is 9.27. The molecule has 0 spiro atoms. The highest BCUT2D eigenvalue weighted by Gasteiger charge is 2.28. The Morgan fingerprint density at radius 1 is 1.45 bits per heavy atom. The summed E-state index contributed by atoms with van der Waals surface area (Å²) in [5.41, 5.74) is 1.87. The SMILES string of the molecule is Cc1cccc(Cn2cc(S(N)(=O)=O)c([N+](=O)[O-])n2)c1. The molecule has 0 unspecified atom stereocenters. The molecule has 8 nitrogen and oxygen atoms in total. The summed E-state index contributed by atoms with van der Waals surface area (Å²) in [5, 5.41) is 19.4. The van der Waals surface area contributed by atoms with Gasteiger partial charge < -0.3 is 10.1 Å². The van der Waals surface area contributed by atoms with Gasteiger partial charge in [0, 0.05) is 0 Å². The maximum Gasteiger partial charge on any atom is 0.410 e. The van der Waals surface area contributed by atoms with Crippen LogP contribution in [0.1, 0.15) is 11.1 Å². The molecule has 0 fully saturated rings. The summed E-state index contributed by atoms with van der Waals surface area (Å²) < 4.78 is 23.8. The van der Waals surface area contributed by atoms with Crippen molar-refractivity contribution in [1.82, 2.24) is 9.78 Å². The third-order valence-electron chi connectivity index (χ3n) is 2.62. The number of hydrogen-bond acceptors (Lipinski definition) is 5. The van der Waals surface area contributed by atoms with Gasteiger partial charge in [-0.25, -0.2) is 13.6 Å². The molecule has 1 aromatic carbocycles. The van der Waals surface area contributed by atoms with E-state index in [1.165, 1.54) is 4.68 Å². The van der Waals surface area contributed by atoms with Crippen molar-refractivity contribution in [3.8, 4) is 0 Å². The zero-order valence-electron chi connectivity index (χ0n) is 10.6. The summed E-state index contributed by atoms with van der Waals surface area (Å²) in [4.78, 5) is 9.34. The van der Waals surface area contributed by atoms with E-state index in [0.29, 0.717) is 0 Å². The van der Waals surface area contributed by atoms with E-state index in [9.17, 15) is 18.5 Å². The Hall–Kier alpha value is -2.26. The summed E-state index contributed by atoms with van der Waals surface area (Å²) in [6.45, 7) is 2.13. The van der Waals surface area contributed by atoms with E-state index in [1.807, 2.05) is 31.2 Å². The zero-order valence-corrected chi connectivity index (χ0v) is 11.4. The van der Waals surface area contributed by atoms with E-state index in [1.54, 1.807) is 0 Å². The third kappa shape index (κ3) is 3.00. The molecule has 9 heteroatoms. The van der Waals surface area contributed by atoms with Crippen molar-refractivity contribution in [2.45, 2.75) is 18.4 Å². The second-order valence-corrected chi connectivity index (χ2v) is 5.84. The smallest absolute Gasteiger partial charge is 0.358 e. The van der Waals surface area contributed by atoms with Crippen molar-refractivity contribution in [3.63, 3.8) is 0 Å². The van der Waals surface area contributed by atoms with Crippen molar-refractivity contribution >= 4 is 15.8 Å². The largest absolute Gasteiger partial charge is 0.410 e. The molecule has 0 aliphatic rings. The van der Waals surface area contributed by atoms with Crippen LogP contribution in [-0.4, -0.2) is 23.1 Å². The normalized spacial score (nSPS) is 11.5. The molecule has 2 N–H and O–H groups in total. The number of aryl methyl sites for hydroxylation is 1. The number of primary sulfonamides is 1. The molecule has 1 heterocycles. The highest BCUT2D eigenvalue weighted by Crippen LogP contribution is 2.20. The molecule has 0 radical (unpaired) electrons. The standard InChI is InChI=1S/C11H12N4O4S/c1-8-3-2-4-9(5-8)6-14-7-10(20(12,18)19)11(13-14)15(16)17/h2-5,7H,6H2,1H3,(H2,12,18,19). The topological polar surface area (TPSA) is 121 Å². The minimum Gasteiger partial charge on any atom is -0.358 e. The number of nitrogens with two attached hydrogens (primary N) is 1. The molecular weight excluding hydrogens is 284 g/mol. The van der Waals surface area contributed by atoms with Crippen LogP contribution in [0.4, 0.5) is 5.82 Å². The lowest BCUT2D eigenvalue weighted by molar-refractivity contribution is -0.392. The van der Waals surface area contributed by atoms with Gasteiger partial charge in [-0.1, -0.05) is 29.8 Å². The highest BCUT2D eigenvalue weighted by atomic mass is 32.2. The van der Waals surface area contributed by atoms with Crippen LogP contribution in [0.25, 0.3) is 0 Å². The fourth-order valence-corrected chi connectivity index (χ4v) is 2.44. The lowest BCUT2D eigenvalue weighted by atomic mass is 10.1. The molecule has 2 rings (SSSR count). The minimum absolute atomic E-state index is 0.220. The lowest BCUT2D eigenvalue weighted by Gasteiger charge is -1.99. The third-order valence-corrected chi connectivity index (χ3v) is 3.52. The highest BCUT2D eigenvalue weighted by molar-refractivity contribution is 7.89. The van der Waals surface area contributed by atoms with Crippen LogP contribution >= 0.6 is 0 Å². The summed E-state index contributed by atoms with van der Waals surface area (Å²) in [6.07, 6.45) is 1.07. The van der Waals surface area contributed by atoms with Crippen LogP contribution in [0.5, 0.6) is 0 Å². The molecular formula is C11H12N4O4S. The van der Waals surface area contributed by atoms with Crippen molar-refractivity contribution in [2.75, 3.05) is 0 Å². The quantitative estimate of drug-likeness (QED) is 0.660. The van der Waals surface area contributed by atoms with Gasteiger partial charge in [-0.2, -0.15) is 4.68 Å². The Morgan fingerprint density at radius 2 is 2.15 bits per heavy atom. The van der Waals surface area contributed by atoms with E-state index in [4.69, 9.17) is 5.14 Å². The molecule has 20 heavy (non-hydrogen) atoms. The second kappa shape index (κ2) is 5.02. The first-order valence-corrected chi connectivity index (χ1v) is 7.12. The number of rotatable bonds is 4. The van der Waals surface area contributed by atoms with E-state index >= 15 is 0 Å². The van der Waals surface area contributed by atoms with Crippen molar-refractivity contribution in [2.24, 2.45) is 5.14 Å². The first-order valence-electron chi connectivity index (χ1n) is 5.57. The summed E-state index contributed by atoms with van der Waals surface area (Å²) in [7, 11) is -4.18. The number of nitro groups is 1. The average Bonchev–Trinajstić information content (AvgIpc) is 2.73. The molecule has 0 saturated heterocycles. The van der Waals surface area contributed by atoms with E-state index in [0.717, 1.165) is 17.3 Å². The fraction of sp³-hybridized carbons (Fsp3) is 0.182. The summed E-state index contributed by atoms with van der Waals surface area (Å²) in [5.74, 6) is -0.764. The number of aromatic nitrogens is 2. The first kappa shape index (κ1) is 14.2. The van der Waals surface area contributed by atoms with Gasteiger partial charge in [-0.15, -0.1) is 0 Å². The van der Waals surface area contributed by atoms with Gasteiger partial charge in [-0.05, 0) is 17.4 Å². The molecule has 0 aliphatic heterocycles. The van der Waals surface area contributed by atoms with Crippen LogP contribution in [0, 0.1) is 17.0 Å². The fourth-order valence-electron chi connectivity index (χ4n) is 1.80. The Balaban J connectivity index is 2.42. The van der Waals surface area contributed by atoms with Gasteiger partial charge in [0.05, 0.1) is 17.8 Å². The van der Waals surface area contributed by atoms with Crippen molar-refractivity contribution < 1.29 is 13.3 Å². The Kier molecular flexibility index (Phi) is 3.55. The average molecular weight is 296 g/mol. The predicted molar refractivity (Wildman–Crippen MR) is 70.5 cm³/mol. The molecule has 0 bridgehead atoms. The van der Waals surface area contributed by atoms with Gasteiger partial charge in [-0.3, -0.25) is 0 Å². The van der Waals surface area contributed by atoms with Crippen LogP contribution in [-0.2, 0) is 16.6 Å². The van der Waals surface area contributed by atoms with Gasteiger partial charge in [0.1, 0.15) is 0 Å². The van der Waals surface area contributed by atoms with Crippen LogP contribution in [0.15, 0.2) is 35.4 Å². The molecule has 0 saturated carbocycles. The zero-order chi connectivity index (χ0) is 14.9. The summed E-state index contributed by atoms with van der Waals surface area (Å²) >= 11 is 0. The molecule has 106 valence electrons. The molecule has 2 aromatic rings. The minimum atomic E-state index is -4.18. The number of benzene rings is 1. The molecule has 0 aliphatic carbocycles. The predicted octanol–water partition coefficient (Wildman–Crippen LogP) is 0.795.